The molecular formula is C12H19NO2S2Si. The van der Waals surface area contributed by atoms with Gasteiger partial charge in [-0.2, -0.15) is 0 Å². The fourth-order valence-corrected chi connectivity index (χ4v) is 5.24. The predicted octanol–water partition coefficient (Wildman–Crippen LogP) is 2.94. The summed E-state index contributed by atoms with van der Waals surface area (Å²) in [7, 11) is -4.92. The molecule has 100 valence electrons. The van der Waals surface area contributed by atoms with Crippen LogP contribution in [0.15, 0.2) is 29.2 Å². The smallest absolute Gasteiger partial charge is 0.262 e. The van der Waals surface area contributed by atoms with E-state index in [1.165, 1.54) is 0 Å². The minimum atomic E-state index is -3.52. The van der Waals surface area contributed by atoms with Crippen LogP contribution < -0.4 is 4.72 Å². The Kier molecular flexibility index (Phi) is 4.69. The lowest BCUT2D eigenvalue weighted by atomic mass is 10.2. The summed E-state index contributed by atoms with van der Waals surface area (Å²) in [6.45, 7) is 8.37. The summed E-state index contributed by atoms with van der Waals surface area (Å²) in [6.07, 6.45) is 0. The molecule has 0 aliphatic rings. The zero-order chi connectivity index (χ0) is 14.0. The molecule has 0 aromatic heterocycles. The normalized spacial score (nSPS) is 12.2. The third kappa shape index (κ3) is 4.87. The van der Waals surface area contributed by atoms with E-state index in [-0.39, 0.29) is 4.90 Å². The van der Waals surface area contributed by atoms with Crippen LogP contribution in [0.3, 0.4) is 0 Å². The molecule has 6 heteroatoms. The van der Waals surface area contributed by atoms with Crippen LogP contribution in [0.5, 0.6) is 0 Å². The van der Waals surface area contributed by atoms with Crippen LogP contribution in [0.2, 0.25) is 25.7 Å². The van der Waals surface area contributed by atoms with Crippen LogP contribution in [-0.4, -0.2) is 21.5 Å². The van der Waals surface area contributed by atoms with Crippen LogP contribution in [0.1, 0.15) is 5.56 Å². The van der Waals surface area contributed by atoms with Gasteiger partial charge in [-0.15, -0.1) is 0 Å². The van der Waals surface area contributed by atoms with E-state index < -0.39 is 18.1 Å². The highest BCUT2D eigenvalue weighted by Gasteiger charge is 2.20. The predicted molar refractivity (Wildman–Crippen MR) is 82.3 cm³/mol. The van der Waals surface area contributed by atoms with Crippen molar-refractivity contribution in [3.05, 3.63) is 29.8 Å². The van der Waals surface area contributed by atoms with E-state index >= 15 is 0 Å². The molecule has 1 aromatic rings. The van der Waals surface area contributed by atoms with Crippen molar-refractivity contribution in [2.24, 2.45) is 0 Å². The highest BCUT2D eigenvalue weighted by atomic mass is 32.2. The molecule has 3 nitrogen and oxygen atoms in total. The van der Waals surface area contributed by atoms with E-state index in [0.717, 1.165) is 5.56 Å². The lowest BCUT2D eigenvalue weighted by Crippen LogP contribution is -2.35. The summed E-state index contributed by atoms with van der Waals surface area (Å²) in [5, 5.41) is 0. The van der Waals surface area contributed by atoms with Gasteiger partial charge < -0.3 is 0 Å². The molecule has 0 saturated heterocycles. The Labute approximate surface area is 116 Å². The molecule has 1 aromatic carbocycles. The van der Waals surface area contributed by atoms with Gasteiger partial charge in [0.25, 0.3) is 10.0 Å². The van der Waals surface area contributed by atoms with Gasteiger partial charge in [0.1, 0.15) is 0 Å². The monoisotopic (exact) mass is 301 g/mol. The van der Waals surface area contributed by atoms with Crippen LogP contribution in [0.4, 0.5) is 0 Å². The number of sulfonamides is 1. The van der Waals surface area contributed by atoms with Crippen molar-refractivity contribution in [2.75, 3.05) is 0 Å². The van der Waals surface area contributed by atoms with Crippen molar-refractivity contribution >= 4 is 35.3 Å². The summed E-state index contributed by atoms with van der Waals surface area (Å²) >= 11 is 5.12. The Bertz CT molecular complexity index is 530. The molecule has 0 bridgehead atoms. The molecular weight excluding hydrogens is 282 g/mol. The number of aryl methyl sites for hydroxylation is 1. The zero-order valence-corrected chi connectivity index (χ0v) is 13.8. The fraction of sp³-hybridized carbons (Fsp3) is 0.417. The molecule has 1 N–H and O–H groups in total. The second kappa shape index (κ2) is 5.50. The second-order valence-corrected chi connectivity index (χ2v) is 13.2. The van der Waals surface area contributed by atoms with Gasteiger partial charge in [0.2, 0.25) is 0 Å². The Balaban J connectivity index is 2.83. The van der Waals surface area contributed by atoms with Gasteiger partial charge in [-0.25, -0.2) is 8.42 Å². The SMILES string of the molecule is Cc1ccc(S(=O)(=O)NC(=S)C[Si](C)(C)C)cc1. The first-order valence-electron chi connectivity index (χ1n) is 5.72. The number of rotatable bonds is 4. The maximum absolute atomic E-state index is 12.1. The molecule has 0 spiro atoms. The lowest BCUT2D eigenvalue weighted by Gasteiger charge is -2.17. The summed E-state index contributed by atoms with van der Waals surface area (Å²) in [6, 6.07) is 7.41. The number of benzene rings is 1. The fourth-order valence-electron chi connectivity index (χ4n) is 1.44. The maximum atomic E-state index is 12.1. The Morgan fingerprint density at radius 3 is 2.17 bits per heavy atom. The van der Waals surface area contributed by atoms with Crippen molar-refractivity contribution in [1.82, 2.24) is 4.72 Å². The van der Waals surface area contributed by atoms with E-state index in [4.69, 9.17) is 12.2 Å². The molecule has 0 radical (unpaired) electrons. The largest absolute Gasteiger partial charge is 0.274 e. The third-order valence-electron chi connectivity index (χ3n) is 2.27. The maximum Gasteiger partial charge on any atom is 0.262 e. The van der Waals surface area contributed by atoms with Crippen molar-refractivity contribution in [2.45, 2.75) is 37.5 Å². The average Bonchev–Trinajstić information content (AvgIpc) is 2.13. The lowest BCUT2D eigenvalue weighted by molar-refractivity contribution is 0.593. The summed E-state index contributed by atoms with van der Waals surface area (Å²) < 4.78 is 26.6. The van der Waals surface area contributed by atoms with Crippen LogP contribution >= 0.6 is 12.2 Å². The van der Waals surface area contributed by atoms with Gasteiger partial charge in [-0.05, 0) is 25.1 Å². The van der Waals surface area contributed by atoms with Crippen molar-refractivity contribution in [1.29, 1.82) is 0 Å². The summed E-state index contributed by atoms with van der Waals surface area (Å²) in [5.41, 5.74) is 1.03. The number of nitrogens with one attached hydrogen (secondary N) is 1. The molecule has 0 atom stereocenters. The van der Waals surface area contributed by atoms with Gasteiger partial charge in [-0.1, -0.05) is 49.6 Å². The summed E-state index contributed by atoms with van der Waals surface area (Å²) in [5.74, 6) is 0. The minimum absolute atomic E-state index is 0.256. The van der Waals surface area contributed by atoms with Crippen LogP contribution in [0.25, 0.3) is 0 Å². The summed E-state index contributed by atoms with van der Waals surface area (Å²) in [4.78, 5) is 0.667. The first kappa shape index (κ1) is 15.3. The van der Waals surface area contributed by atoms with Crippen molar-refractivity contribution in [3.63, 3.8) is 0 Å². The number of thiocarbonyl (C=S) groups is 1. The van der Waals surface area contributed by atoms with Crippen LogP contribution in [-0.2, 0) is 10.0 Å². The van der Waals surface area contributed by atoms with Gasteiger partial charge in [0.15, 0.2) is 0 Å². The van der Waals surface area contributed by atoms with E-state index in [2.05, 4.69) is 24.4 Å². The van der Waals surface area contributed by atoms with Gasteiger partial charge in [0, 0.05) is 0 Å². The molecule has 18 heavy (non-hydrogen) atoms. The van der Waals surface area contributed by atoms with Gasteiger partial charge in [0.05, 0.1) is 18.0 Å². The Hall–Kier alpha value is -0.723. The topological polar surface area (TPSA) is 46.2 Å². The standard InChI is InChI=1S/C12H19NO2S2Si/c1-10-5-7-11(8-6-10)17(14,15)13-12(16)9-18(2,3)4/h5-8H,9H2,1-4H3,(H,13,16). The van der Waals surface area contributed by atoms with E-state index in [1.54, 1.807) is 24.3 Å². The molecule has 0 heterocycles. The van der Waals surface area contributed by atoms with Crippen molar-refractivity contribution < 1.29 is 8.42 Å². The highest BCUT2D eigenvalue weighted by molar-refractivity contribution is 7.92. The first-order valence-corrected chi connectivity index (χ1v) is 11.3. The first-order chi connectivity index (χ1) is 8.10. The zero-order valence-electron chi connectivity index (χ0n) is 11.1. The van der Waals surface area contributed by atoms with Gasteiger partial charge >= 0.3 is 0 Å². The molecule has 0 fully saturated rings. The molecule has 0 amide bonds. The third-order valence-corrected chi connectivity index (χ3v) is 5.72. The Morgan fingerprint density at radius 2 is 1.72 bits per heavy atom. The molecule has 0 aliphatic heterocycles. The van der Waals surface area contributed by atoms with Gasteiger partial charge in [-0.3, -0.25) is 4.72 Å². The Morgan fingerprint density at radius 1 is 1.22 bits per heavy atom. The molecule has 0 unspecified atom stereocenters. The average molecular weight is 302 g/mol. The number of hydrogen-bond acceptors (Lipinski definition) is 3. The van der Waals surface area contributed by atoms with Crippen molar-refractivity contribution in [3.8, 4) is 0 Å². The van der Waals surface area contributed by atoms with E-state index in [0.29, 0.717) is 11.0 Å². The van der Waals surface area contributed by atoms with E-state index in [1.807, 2.05) is 6.92 Å². The molecule has 0 saturated carbocycles. The molecule has 0 aliphatic carbocycles. The molecule has 1 rings (SSSR count). The highest BCUT2D eigenvalue weighted by Crippen LogP contribution is 2.13. The van der Waals surface area contributed by atoms with E-state index in [9.17, 15) is 8.42 Å². The number of hydrogen-bond donors (Lipinski definition) is 1. The second-order valence-electron chi connectivity index (χ2n) is 5.58. The quantitative estimate of drug-likeness (QED) is 0.687. The minimum Gasteiger partial charge on any atom is -0.274 e. The van der Waals surface area contributed by atoms with Crippen LogP contribution in [0, 0.1) is 6.92 Å².